The summed E-state index contributed by atoms with van der Waals surface area (Å²) < 4.78 is 11.1. The number of nitrogens with zero attached hydrogens (tertiary/aromatic N) is 2. The van der Waals surface area contributed by atoms with Gasteiger partial charge >= 0.3 is 0 Å². The average Bonchev–Trinajstić information content (AvgIpc) is 3.77. The van der Waals surface area contributed by atoms with Crippen LogP contribution in [0.5, 0.6) is 0 Å². The van der Waals surface area contributed by atoms with Gasteiger partial charge in [-0.25, -0.2) is 0 Å². The van der Waals surface area contributed by atoms with Gasteiger partial charge in [-0.15, -0.1) is 0 Å². The van der Waals surface area contributed by atoms with Crippen LogP contribution in [-0.4, -0.2) is 9.13 Å². The lowest BCUT2D eigenvalue weighted by atomic mass is 9.86. The van der Waals surface area contributed by atoms with Gasteiger partial charge in [0.2, 0.25) is 0 Å². The van der Waals surface area contributed by atoms with Crippen molar-refractivity contribution in [1.29, 1.82) is 0 Å². The van der Waals surface area contributed by atoms with Crippen molar-refractivity contribution in [2.75, 3.05) is 0 Å². The van der Waals surface area contributed by atoms with Gasteiger partial charge < -0.3 is 13.6 Å². The second-order valence-electron chi connectivity index (χ2n) is 14.2. The fourth-order valence-corrected chi connectivity index (χ4v) is 7.83. The van der Waals surface area contributed by atoms with Crippen LogP contribution in [0.15, 0.2) is 156 Å². The molecule has 0 N–H and O–H groups in total. The number of rotatable bonds is 3. The van der Waals surface area contributed by atoms with E-state index >= 15 is 0 Å². The third-order valence-corrected chi connectivity index (χ3v) is 10.3. The minimum Gasteiger partial charge on any atom is -0.456 e. The molecule has 3 nitrogen and oxygen atoms in total. The maximum atomic E-state index is 6.32. The summed E-state index contributed by atoms with van der Waals surface area (Å²) in [7, 11) is 0. The smallest absolute Gasteiger partial charge is 0.136 e. The number of aromatic nitrogens is 2. The average molecular weight is 631 g/mol. The summed E-state index contributed by atoms with van der Waals surface area (Å²) in [4.78, 5) is 0. The normalized spacial score (nSPS) is 12.4. The number of fused-ring (bicyclic) bond motifs is 9. The fourth-order valence-electron chi connectivity index (χ4n) is 7.83. The SMILES string of the molecule is CC(C)(C)c1ccc(-c2cccc(-n3c4ccccc4c4cc(-n5c6ccccc6c6cc7oc8ccccc8c7cc65)ccc43)c2)cc1. The Bertz CT molecular complexity index is 2910. The molecule has 0 saturated carbocycles. The summed E-state index contributed by atoms with van der Waals surface area (Å²) in [5, 5.41) is 7.16. The lowest BCUT2D eigenvalue weighted by Gasteiger charge is -2.19. The molecular weight excluding hydrogens is 597 g/mol. The summed E-state index contributed by atoms with van der Waals surface area (Å²) >= 11 is 0. The van der Waals surface area contributed by atoms with Gasteiger partial charge in [-0.1, -0.05) is 112 Å². The molecule has 10 rings (SSSR count). The second kappa shape index (κ2) is 10.2. The molecule has 3 heterocycles. The van der Waals surface area contributed by atoms with E-state index < -0.39 is 0 Å². The van der Waals surface area contributed by atoms with Crippen molar-refractivity contribution in [2.45, 2.75) is 26.2 Å². The van der Waals surface area contributed by atoms with E-state index in [0.29, 0.717) is 0 Å². The van der Waals surface area contributed by atoms with Crippen LogP contribution in [0.25, 0.3) is 88.1 Å². The molecule has 0 amide bonds. The Morgan fingerprint density at radius 2 is 1.00 bits per heavy atom. The van der Waals surface area contributed by atoms with Gasteiger partial charge in [0.1, 0.15) is 11.2 Å². The first-order chi connectivity index (χ1) is 23.9. The number of benzene rings is 7. The molecule has 10 aromatic rings. The molecule has 0 aliphatic carbocycles. The summed E-state index contributed by atoms with van der Waals surface area (Å²) in [5.41, 5.74) is 12.8. The molecular formula is C46H34N2O. The lowest BCUT2D eigenvalue weighted by Crippen LogP contribution is -2.10. The van der Waals surface area contributed by atoms with E-state index in [1.54, 1.807) is 0 Å². The topological polar surface area (TPSA) is 23.0 Å². The first-order valence-electron chi connectivity index (χ1n) is 17.0. The van der Waals surface area contributed by atoms with Crippen molar-refractivity contribution in [3.05, 3.63) is 157 Å². The molecule has 0 atom stereocenters. The zero-order valence-corrected chi connectivity index (χ0v) is 27.7. The zero-order chi connectivity index (χ0) is 32.9. The van der Waals surface area contributed by atoms with E-state index in [4.69, 9.17) is 4.42 Å². The first kappa shape index (κ1) is 28.0. The summed E-state index contributed by atoms with van der Waals surface area (Å²) in [6.07, 6.45) is 0. The predicted octanol–water partition coefficient (Wildman–Crippen LogP) is 12.7. The second-order valence-corrected chi connectivity index (χ2v) is 14.2. The van der Waals surface area contributed by atoms with Gasteiger partial charge in [0.05, 0.1) is 22.1 Å². The Balaban J connectivity index is 1.18. The van der Waals surface area contributed by atoms with E-state index in [1.165, 1.54) is 60.3 Å². The van der Waals surface area contributed by atoms with Crippen molar-refractivity contribution >= 4 is 65.6 Å². The predicted molar refractivity (Wildman–Crippen MR) is 207 cm³/mol. The van der Waals surface area contributed by atoms with Crippen LogP contribution >= 0.6 is 0 Å². The molecule has 0 fully saturated rings. The van der Waals surface area contributed by atoms with E-state index in [-0.39, 0.29) is 5.41 Å². The lowest BCUT2D eigenvalue weighted by molar-refractivity contribution is 0.590. The maximum Gasteiger partial charge on any atom is 0.136 e. The third-order valence-electron chi connectivity index (χ3n) is 10.3. The number of para-hydroxylation sites is 3. The van der Waals surface area contributed by atoms with Crippen LogP contribution in [0, 0.1) is 0 Å². The number of furan rings is 1. The summed E-state index contributed by atoms with van der Waals surface area (Å²) in [6, 6.07) is 55.2. The third kappa shape index (κ3) is 4.22. The highest BCUT2D eigenvalue weighted by molar-refractivity contribution is 6.17. The number of hydrogen-bond acceptors (Lipinski definition) is 1. The van der Waals surface area contributed by atoms with Crippen LogP contribution in [0.2, 0.25) is 0 Å². The quantitative estimate of drug-likeness (QED) is 0.190. The summed E-state index contributed by atoms with van der Waals surface area (Å²) in [6.45, 7) is 6.78. The zero-order valence-electron chi connectivity index (χ0n) is 27.7. The number of hydrogen-bond donors (Lipinski definition) is 0. The fraction of sp³-hybridized carbons (Fsp3) is 0.0870. The minimum absolute atomic E-state index is 0.126. The van der Waals surface area contributed by atoms with E-state index in [1.807, 2.05) is 12.1 Å². The van der Waals surface area contributed by atoms with Gasteiger partial charge in [0, 0.05) is 43.7 Å². The van der Waals surface area contributed by atoms with E-state index in [9.17, 15) is 0 Å². The molecule has 3 aromatic heterocycles. The van der Waals surface area contributed by atoms with Gasteiger partial charge in [-0.3, -0.25) is 0 Å². The van der Waals surface area contributed by atoms with Gasteiger partial charge in [-0.05, 0) is 82.8 Å². The highest BCUT2D eigenvalue weighted by atomic mass is 16.3. The Labute approximate surface area is 284 Å². The highest BCUT2D eigenvalue weighted by Gasteiger charge is 2.19. The molecule has 234 valence electrons. The van der Waals surface area contributed by atoms with E-state index in [2.05, 4.69) is 169 Å². The first-order valence-corrected chi connectivity index (χ1v) is 17.0. The van der Waals surface area contributed by atoms with Crippen molar-refractivity contribution in [3.8, 4) is 22.5 Å². The van der Waals surface area contributed by atoms with Crippen LogP contribution in [0.1, 0.15) is 26.3 Å². The van der Waals surface area contributed by atoms with E-state index in [0.717, 1.165) is 33.3 Å². The van der Waals surface area contributed by atoms with Crippen molar-refractivity contribution < 1.29 is 4.42 Å². The molecule has 0 bridgehead atoms. The molecule has 7 aromatic carbocycles. The van der Waals surface area contributed by atoms with Crippen molar-refractivity contribution in [2.24, 2.45) is 0 Å². The molecule has 49 heavy (non-hydrogen) atoms. The van der Waals surface area contributed by atoms with Crippen LogP contribution in [-0.2, 0) is 5.41 Å². The molecule has 0 unspecified atom stereocenters. The van der Waals surface area contributed by atoms with Crippen LogP contribution < -0.4 is 0 Å². The monoisotopic (exact) mass is 630 g/mol. The van der Waals surface area contributed by atoms with Gasteiger partial charge in [-0.2, -0.15) is 0 Å². The Kier molecular flexibility index (Phi) is 5.84. The molecule has 0 aliphatic heterocycles. The Morgan fingerprint density at radius 1 is 0.388 bits per heavy atom. The molecule has 3 heteroatoms. The molecule has 0 radical (unpaired) electrons. The van der Waals surface area contributed by atoms with Crippen molar-refractivity contribution in [1.82, 2.24) is 9.13 Å². The largest absolute Gasteiger partial charge is 0.456 e. The molecule has 0 spiro atoms. The Hall–Kier alpha value is -6.06. The maximum absolute atomic E-state index is 6.32. The van der Waals surface area contributed by atoms with Crippen LogP contribution in [0.4, 0.5) is 0 Å². The van der Waals surface area contributed by atoms with Gasteiger partial charge in [0.15, 0.2) is 0 Å². The molecule has 0 saturated heterocycles. The highest BCUT2D eigenvalue weighted by Crippen LogP contribution is 2.40. The molecule has 0 aliphatic rings. The van der Waals surface area contributed by atoms with Crippen LogP contribution in [0.3, 0.4) is 0 Å². The van der Waals surface area contributed by atoms with Gasteiger partial charge in [0.25, 0.3) is 0 Å². The minimum atomic E-state index is 0.126. The summed E-state index contributed by atoms with van der Waals surface area (Å²) in [5.74, 6) is 0. The standard InChI is InChI=1S/C46H34N2O/c1-46(2,3)31-21-19-29(20-22-31)30-11-10-12-32(25-30)47-40-16-7-4-13-34(40)37-26-33(23-24-42(37)47)48-41-17-8-5-14-35(41)38-28-45-39(27-43(38)48)36-15-6-9-18-44(36)49-45/h4-28H,1-3H3. The van der Waals surface area contributed by atoms with Crippen molar-refractivity contribution in [3.63, 3.8) is 0 Å². The Morgan fingerprint density at radius 3 is 1.73 bits per heavy atom.